The van der Waals surface area contributed by atoms with Crippen molar-refractivity contribution in [3.8, 4) is 17.0 Å². The average Bonchev–Trinajstić information content (AvgIpc) is 3.50. The van der Waals surface area contributed by atoms with Crippen LogP contribution in [-0.4, -0.2) is 36.0 Å². The topological polar surface area (TPSA) is 77.8 Å². The fraction of sp³-hybridized carbons (Fsp3) is 0.429. The number of methoxy groups -OCH3 is 1. The number of carbonyl (C=O) groups is 1. The molecular formula is C21H22ClNO5S. The van der Waals surface area contributed by atoms with Gasteiger partial charge in [-0.25, -0.2) is 4.79 Å². The number of hydrogen-bond donors (Lipinski definition) is 1. The number of carboxylic acids is 1. The molecule has 1 N–H and O–H groups in total. The van der Waals surface area contributed by atoms with Gasteiger partial charge in [0.15, 0.2) is 0 Å². The fourth-order valence-corrected chi connectivity index (χ4v) is 5.02. The van der Waals surface area contributed by atoms with E-state index in [1.807, 2.05) is 19.1 Å². The van der Waals surface area contributed by atoms with Gasteiger partial charge in [-0.3, -0.25) is 4.79 Å². The number of ether oxygens (including phenoxy) is 2. The molecule has 2 heterocycles. The summed E-state index contributed by atoms with van der Waals surface area (Å²) in [5.41, 5.74) is 1.89. The maximum Gasteiger partial charge on any atom is 0.341 e. The van der Waals surface area contributed by atoms with Gasteiger partial charge in [0.25, 0.3) is 5.56 Å². The Morgan fingerprint density at radius 2 is 2.07 bits per heavy atom. The van der Waals surface area contributed by atoms with Gasteiger partial charge in [0.05, 0.1) is 17.3 Å². The average molecular weight is 436 g/mol. The highest BCUT2D eigenvalue weighted by Gasteiger charge is 2.35. The molecule has 8 heteroatoms. The Kier molecular flexibility index (Phi) is 5.64. The minimum absolute atomic E-state index is 0.00344. The number of rotatable bonds is 7. The summed E-state index contributed by atoms with van der Waals surface area (Å²) >= 11 is 8.12. The minimum atomic E-state index is -1.19. The Labute approximate surface area is 177 Å². The number of halogens is 1. The maximum absolute atomic E-state index is 12.9. The molecule has 0 radical (unpaired) electrons. The number of pyridine rings is 1. The van der Waals surface area contributed by atoms with Crippen molar-refractivity contribution in [3.05, 3.63) is 44.7 Å². The van der Waals surface area contributed by atoms with E-state index < -0.39 is 11.5 Å². The van der Waals surface area contributed by atoms with Crippen LogP contribution in [0.1, 0.15) is 53.4 Å². The van der Waals surface area contributed by atoms with Crippen molar-refractivity contribution in [2.75, 3.05) is 20.3 Å². The van der Waals surface area contributed by atoms with Gasteiger partial charge in [0.2, 0.25) is 0 Å². The smallest absolute Gasteiger partial charge is 0.341 e. The second-order valence-electron chi connectivity index (χ2n) is 7.31. The van der Waals surface area contributed by atoms with Crippen LogP contribution in [0.2, 0.25) is 5.02 Å². The number of aromatic nitrogens is 1. The van der Waals surface area contributed by atoms with Gasteiger partial charge in [-0.15, -0.1) is 11.8 Å². The van der Waals surface area contributed by atoms with Crippen LogP contribution in [0.15, 0.2) is 27.9 Å². The molecule has 1 fully saturated rings. The van der Waals surface area contributed by atoms with E-state index in [0.717, 1.165) is 41.0 Å². The van der Waals surface area contributed by atoms with Crippen LogP contribution >= 0.6 is 23.4 Å². The van der Waals surface area contributed by atoms with Crippen LogP contribution in [0.4, 0.5) is 0 Å². The van der Waals surface area contributed by atoms with Crippen molar-refractivity contribution in [1.29, 1.82) is 0 Å². The number of aromatic carboxylic acids is 1. The van der Waals surface area contributed by atoms with Crippen LogP contribution < -0.4 is 10.3 Å². The highest BCUT2D eigenvalue weighted by atomic mass is 35.5. The maximum atomic E-state index is 12.9. The Balaban J connectivity index is 1.83. The third-order valence-corrected chi connectivity index (χ3v) is 6.68. The number of hydrogen-bond acceptors (Lipinski definition) is 5. The number of fused-ring (bicyclic) bond motifs is 3. The predicted octanol–water partition coefficient (Wildman–Crippen LogP) is 4.78. The van der Waals surface area contributed by atoms with Gasteiger partial charge >= 0.3 is 5.97 Å². The Morgan fingerprint density at radius 1 is 1.31 bits per heavy atom. The number of nitrogens with zero attached hydrogens (tertiary/aromatic N) is 1. The summed E-state index contributed by atoms with van der Waals surface area (Å²) in [7, 11) is 1.65. The first-order valence-corrected chi connectivity index (χ1v) is 10.8. The van der Waals surface area contributed by atoms with Gasteiger partial charge in [-0.1, -0.05) is 11.6 Å². The standard InChI is InChI=1S/C21H22ClNO5S/c1-11-13-8-15(21(25)26)20(24)23(12-4-5-12)19(13)14-9-16(22)17(10-18(14)29-11)28-7-3-6-27-2/h8-12H,3-7H2,1-2H3,(H,25,26). The Hall–Kier alpha value is -1.96. The van der Waals surface area contributed by atoms with Crippen molar-refractivity contribution in [1.82, 2.24) is 4.57 Å². The highest BCUT2D eigenvalue weighted by Crippen LogP contribution is 2.52. The molecular weight excluding hydrogens is 414 g/mol. The van der Waals surface area contributed by atoms with Crippen LogP contribution in [0.25, 0.3) is 11.3 Å². The fourth-order valence-electron chi connectivity index (χ4n) is 3.65. The first-order valence-electron chi connectivity index (χ1n) is 9.57. The molecule has 1 saturated carbocycles. The molecule has 6 nitrogen and oxygen atoms in total. The molecule has 1 unspecified atom stereocenters. The van der Waals surface area contributed by atoms with E-state index in [9.17, 15) is 14.7 Å². The van der Waals surface area contributed by atoms with Gasteiger partial charge in [0.1, 0.15) is 11.3 Å². The molecule has 1 aromatic heterocycles. The largest absolute Gasteiger partial charge is 0.492 e. The zero-order valence-corrected chi connectivity index (χ0v) is 17.8. The van der Waals surface area contributed by atoms with Crippen molar-refractivity contribution in [2.45, 2.75) is 42.4 Å². The van der Waals surface area contributed by atoms with Crippen LogP contribution in [0.5, 0.6) is 5.75 Å². The Morgan fingerprint density at radius 3 is 2.72 bits per heavy atom. The van der Waals surface area contributed by atoms with E-state index in [2.05, 4.69) is 0 Å². The molecule has 29 heavy (non-hydrogen) atoms. The first kappa shape index (κ1) is 20.3. The molecule has 2 aromatic rings. The normalized spacial score (nSPS) is 17.6. The second-order valence-corrected chi connectivity index (χ2v) is 9.10. The third-order valence-electron chi connectivity index (χ3n) is 5.19. The Bertz CT molecular complexity index is 1030. The molecule has 154 valence electrons. The van der Waals surface area contributed by atoms with Crippen molar-refractivity contribution >= 4 is 29.3 Å². The second kappa shape index (κ2) is 8.05. The van der Waals surface area contributed by atoms with Crippen molar-refractivity contribution in [3.63, 3.8) is 0 Å². The van der Waals surface area contributed by atoms with E-state index in [1.165, 1.54) is 6.07 Å². The molecule has 0 amide bonds. The van der Waals surface area contributed by atoms with Gasteiger partial charge in [-0.05, 0) is 43.5 Å². The van der Waals surface area contributed by atoms with E-state index in [4.69, 9.17) is 21.1 Å². The molecule has 0 spiro atoms. The number of thioether (sulfide) groups is 1. The third kappa shape index (κ3) is 3.79. The van der Waals surface area contributed by atoms with Gasteiger partial charge in [0, 0.05) is 41.9 Å². The molecule has 4 rings (SSSR count). The van der Waals surface area contributed by atoms with E-state index in [0.29, 0.717) is 24.0 Å². The van der Waals surface area contributed by atoms with E-state index >= 15 is 0 Å². The monoisotopic (exact) mass is 435 g/mol. The van der Waals surface area contributed by atoms with Gasteiger partial charge < -0.3 is 19.1 Å². The molecule has 1 atom stereocenters. The zero-order chi connectivity index (χ0) is 20.7. The lowest BCUT2D eigenvalue weighted by atomic mass is 9.99. The van der Waals surface area contributed by atoms with Crippen LogP contribution in [-0.2, 0) is 4.74 Å². The summed E-state index contributed by atoms with van der Waals surface area (Å²) in [6.07, 6.45) is 2.51. The molecule has 1 aromatic carbocycles. The summed E-state index contributed by atoms with van der Waals surface area (Å²) in [6.45, 7) is 3.13. The molecule has 1 aliphatic carbocycles. The van der Waals surface area contributed by atoms with Crippen LogP contribution in [0.3, 0.4) is 0 Å². The molecule has 2 aliphatic rings. The SMILES string of the molecule is COCCCOc1cc2c(cc1Cl)-c1c(cc(C(=O)O)c(=O)n1C1CC1)C(C)S2. The first-order chi connectivity index (χ1) is 13.9. The summed E-state index contributed by atoms with van der Waals surface area (Å²) in [6, 6.07) is 5.32. The lowest BCUT2D eigenvalue weighted by molar-refractivity contribution is 0.0694. The summed E-state index contributed by atoms with van der Waals surface area (Å²) < 4.78 is 12.5. The number of benzene rings is 1. The minimum Gasteiger partial charge on any atom is -0.492 e. The predicted molar refractivity (Wildman–Crippen MR) is 113 cm³/mol. The summed E-state index contributed by atoms with van der Waals surface area (Å²) in [5.74, 6) is -0.583. The summed E-state index contributed by atoms with van der Waals surface area (Å²) in [4.78, 5) is 25.6. The molecule has 1 aliphatic heterocycles. The summed E-state index contributed by atoms with van der Waals surface area (Å²) in [5, 5.41) is 9.98. The zero-order valence-electron chi connectivity index (χ0n) is 16.2. The highest BCUT2D eigenvalue weighted by molar-refractivity contribution is 7.99. The lowest BCUT2D eigenvalue weighted by Crippen LogP contribution is -2.29. The van der Waals surface area contributed by atoms with Crippen molar-refractivity contribution < 1.29 is 19.4 Å². The molecule has 0 saturated heterocycles. The number of carboxylic acid groups (broad SMARTS) is 1. The van der Waals surface area contributed by atoms with Crippen LogP contribution in [0, 0.1) is 0 Å². The molecule has 0 bridgehead atoms. The quantitative estimate of drug-likeness (QED) is 0.630. The lowest BCUT2D eigenvalue weighted by Gasteiger charge is -2.29. The van der Waals surface area contributed by atoms with Gasteiger partial charge in [-0.2, -0.15) is 0 Å². The van der Waals surface area contributed by atoms with E-state index in [1.54, 1.807) is 23.4 Å². The van der Waals surface area contributed by atoms with E-state index in [-0.39, 0.29) is 16.9 Å². The van der Waals surface area contributed by atoms with Crippen molar-refractivity contribution in [2.24, 2.45) is 0 Å².